The zero-order chi connectivity index (χ0) is 24.2. The van der Waals surface area contributed by atoms with E-state index in [0.29, 0.717) is 17.8 Å². The van der Waals surface area contributed by atoms with Crippen LogP contribution in [0.4, 0.5) is 6.01 Å². The highest BCUT2D eigenvalue weighted by atomic mass is 16.5. The molecule has 1 unspecified atom stereocenters. The van der Waals surface area contributed by atoms with Gasteiger partial charge in [-0.05, 0) is 75.0 Å². The molecule has 1 aromatic carbocycles. The van der Waals surface area contributed by atoms with Gasteiger partial charge in [0.2, 0.25) is 11.7 Å². The number of carbonyl (C=O) groups is 1. The number of nitrogens with zero attached hydrogens (tertiary/aromatic N) is 4. The fourth-order valence-electron chi connectivity index (χ4n) is 4.94. The van der Waals surface area contributed by atoms with Crippen LogP contribution in [0.3, 0.4) is 0 Å². The van der Waals surface area contributed by atoms with Gasteiger partial charge in [0.15, 0.2) is 0 Å². The van der Waals surface area contributed by atoms with Gasteiger partial charge >= 0.3 is 6.01 Å². The Balaban J connectivity index is 1.05. The number of hydrogen-bond acceptors (Lipinski definition) is 8. The van der Waals surface area contributed by atoms with Gasteiger partial charge in [-0.1, -0.05) is 5.16 Å². The first-order valence-electron chi connectivity index (χ1n) is 12.4. The average Bonchev–Trinajstić information content (AvgIpc) is 3.65. The summed E-state index contributed by atoms with van der Waals surface area (Å²) in [7, 11) is 1.64. The maximum atomic E-state index is 12.8. The van der Waals surface area contributed by atoms with E-state index < -0.39 is 0 Å². The van der Waals surface area contributed by atoms with Gasteiger partial charge in [0, 0.05) is 37.7 Å². The minimum atomic E-state index is 0.0267. The molecule has 0 spiro atoms. The molecule has 2 aliphatic heterocycles. The zero-order valence-corrected chi connectivity index (χ0v) is 20.4. The fraction of sp³-hybridized carbons (Fsp3) is 0.500. The molecule has 0 aliphatic carbocycles. The number of piperidine rings is 1. The monoisotopic (exact) mass is 479 g/mol. The van der Waals surface area contributed by atoms with Crippen LogP contribution in [0.5, 0.6) is 5.75 Å². The molecule has 3 aromatic rings. The lowest BCUT2D eigenvalue weighted by atomic mass is 9.96. The van der Waals surface area contributed by atoms with Crippen LogP contribution < -0.4 is 15.0 Å². The number of aryl methyl sites for hydroxylation is 1. The lowest BCUT2D eigenvalue weighted by molar-refractivity contribution is -0.125. The summed E-state index contributed by atoms with van der Waals surface area (Å²) < 4.78 is 16.4. The Labute approximate surface area is 205 Å². The van der Waals surface area contributed by atoms with Crippen LogP contribution in [0.15, 0.2) is 45.3 Å². The van der Waals surface area contributed by atoms with Crippen LogP contribution in [0, 0.1) is 18.8 Å². The summed E-state index contributed by atoms with van der Waals surface area (Å²) in [6.07, 6.45) is 2.66. The lowest BCUT2D eigenvalue weighted by Crippen LogP contribution is -2.42. The second-order valence-corrected chi connectivity index (χ2v) is 9.54. The molecule has 2 saturated heterocycles. The Bertz CT molecular complexity index is 1120. The third-order valence-corrected chi connectivity index (χ3v) is 7.01. The first-order valence-corrected chi connectivity index (χ1v) is 12.4. The second-order valence-electron chi connectivity index (χ2n) is 9.54. The van der Waals surface area contributed by atoms with Crippen molar-refractivity contribution >= 4 is 11.9 Å². The topological polar surface area (TPSA) is 96.9 Å². The number of anilines is 1. The molecule has 5 rings (SSSR count). The van der Waals surface area contributed by atoms with Gasteiger partial charge < -0.3 is 23.9 Å². The van der Waals surface area contributed by atoms with Gasteiger partial charge in [0.25, 0.3) is 0 Å². The average molecular weight is 480 g/mol. The molecule has 2 aliphatic rings. The van der Waals surface area contributed by atoms with E-state index >= 15 is 0 Å². The van der Waals surface area contributed by atoms with Gasteiger partial charge in [-0.3, -0.25) is 9.69 Å². The van der Waals surface area contributed by atoms with Crippen molar-refractivity contribution in [3.05, 3.63) is 47.9 Å². The van der Waals surface area contributed by atoms with E-state index in [9.17, 15) is 4.79 Å². The number of nitrogens with one attached hydrogen (secondary N) is 1. The fourth-order valence-corrected chi connectivity index (χ4v) is 4.94. The van der Waals surface area contributed by atoms with Crippen molar-refractivity contribution in [2.24, 2.45) is 11.8 Å². The summed E-state index contributed by atoms with van der Waals surface area (Å²) in [6.45, 7) is 7.03. The summed E-state index contributed by atoms with van der Waals surface area (Å²) in [5.41, 5.74) is 0.875. The Hall–Kier alpha value is -3.33. The van der Waals surface area contributed by atoms with E-state index in [4.69, 9.17) is 13.7 Å². The largest absolute Gasteiger partial charge is 0.497 e. The maximum Gasteiger partial charge on any atom is 0.324 e. The number of furan rings is 1. The van der Waals surface area contributed by atoms with Crippen molar-refractivity contribution in [3.63, 3.8) is 0 Å². The number of likely N-dealkylation sites (tertiary alicyclic amines) is 1. The molecule has 9 heteroatoms. The standard InChI is InChI=1S/C26H33N5O4/c1-18-3-6-23(34-18)17-30-12-9-19(16-30)15-27-25(32)21-10-13-31(14-11-21)26-28-24(29-35-26)20-4-7-22(33-2)8-5-20/h3-8,19,21H,9-17H2,1-2H3,(H,27,32). The number of ether oxygens (including phenoxy) is 1. The molecule has 2 aromatic heterocycles. The predicted octanol–water partition coefficient (Wildman–Crippen LogP) is 3.50. The van der Waals surface area contributed by atoms with Crippen molar-refractivity contribution in [1.29, 1.82) is 0 Å². The molecule has 35 heavy (non-hydrogen) atoms. The molecule has 186 valence electrons. The van der Waals surface area contributed by atoms with E-state index in [1.165, 1.54) is 0 Å². The minimum Gasteiger partial charge on any atom is -0.497 e. The van der Waals surface area contributed by atoms with Crippen LogP contribution in [0.25, 0.3) is 11.4 Å². The van der Waals surface area contributed by atoms with E-state index in [-0.39, 0.29) is 11.8 Å². The molecule has 2 fully saturated rings. The molecule has 1 atom stereocenters. The molecular formula is C26H33N5O4. The smallest absolute Gasteiger partial charge is 0.324 e. The summed E-state index contributed by atoms with van der Waals surface area (Å²) in [5, 5.41) is 7.32. The highest BCUT2D eigenvalue weighted by Gasteiger charge is 2.29. The summed E-state index contributed by atoms with van der Waals surface area (Å²) in [6, 6.07) is 12.1. The normalized spacial score (nSPS) is 19.3. The third kappa shape index (κ3) is 5.67. The van der Waals surface area contributed by atoms with E-state index in [1.807, 2.05) is 43.3 Å². The quantitative estimate of drug-likeness (QED) is 0.524. The number of benzene rings is 1. The Morgan fingerprint density at radius 2 is 1.91 bits per heavy atom. The van der Waals surface area contributed by atoms with Crippen molar-refractivity contribution in [1.82, 2.24) is 20.4 Å². The van der Waals surface area contributed by atoms with Gasteiger partial charge in [-0.2, -0.15) is 4.98 Å². The van der Waals surface area contributed by atoms with E-state index in [0.717, 1.165) is 81.4 Å². The van der Waals surface area contributed by atoms with Crippen molar-refractivity contribution in [2.45, 2.75) is 32.7 Å². The molecule has 0 bridgehead atoms. The lowest BCUT2D eigenvalue weighted by Gasteiger charge is -2.30. The number of hydrogen-bond donors (Lipinski definition) is 1. The zero-order valence-electron chi connectivity index (χ0n) is 20.4. The minimum absolute atomic E-state index is 0.0267. The number of rotatable bonds is 8. The van der Waals surface area contributed by atoms with Crippen LogP contribution in [-0.2, 0) is 11.3 Å². The summed E-state index contributed by atoms with van der Waals surface area (Å²) in [4.78, 5) is 21.8. The Morgan fingerprint density at radius 1 is 1.11 bits per heavy atom. The van der Waals surface area contributed by atoms with Crippen LogP contribution in [-0.4, -0.2) is 60.8 Å². The highest BCUT2D eigenvalue weighted by Crippen LogP contribution is 2.26. The molecule has 4 heterocycles. The molecule has 9 nitrogen and oxygen atoms in total. The molecule has 1 amide bonds. The van der Waals surface area contributed by atoms with E-state index in [2.05, 4.69) is 25.3 Å². The molecular weight excluding hydrogens is 446 g/mol. The van der Waals surface area contributed by atoms with Crippen molar-refractivity contribution in [3.8, 4) is 17.1 Å². The van der Waals surface area contributed by atoms with Crippen LogP contribution in [0.1, 0.15) is 30.8 Å². The van der Waals surface area contributed by atoms with Gasteiger partial charge in [0.05, 0.1) is 13.7 Å². The number of aromatic nitrogens is 2. The Kier molecular flexibility index (Phi) is 7.03. The maximum absolute atomic E-state index is 12.8. The highest BCUT2D eigenvalue weighted by molar-refractivity contribution is 5.79. The SMILES string of the molecule is COc1ccc(-c2noc(N3CCC(C(=O)NCC4CCN(Cc5ccc(C)o5)C4)CC3)n2)cc1. The van der Waals surface area contributed by atoms with Crippen LogP contribution in [0.2, 0.25) is 0 Å². The Morgan fingerprint density at radius 3 is 2.63 bits per heavy atom. The van der Waals surface area contributed by atoms with Gasteiger partial charge in [-0.15, -0.1) is 0 Å². The second kappa shape index (κ2) is 10.5. The summed E-state index contributed by atoms with van der Waals surface area (Å²) >= 11 is 0. The first kappa shape index (κ1) is 23.4. The van der Waals surface area contributed by atoms with Crippen LogP contribution >= 0.6 is 0 Å². The molecule has 0 saturated carbocycles. The number of amides is 1. The molecule has 0 radical (unpaired) electrons. The molecule has 1 N–H and O–H groups in total. The first-order chi connectivity index (χ1) is 17.1. The predicted molar refractivity (Wildman–Crippen MR) is 131 cm³/mol. The third-order valence-electron chi connectivity index (χ3n) is 7.01. The van der Waals surface area contributed by atoms with Gasteiger partial charge in [0.1, 0.15) is 17.3 Å². The van der Waals surface area contributed by atoms with Crippen molar-refractivity contribution in [2.75, 3.05) is 44.7 Å². The van der Waals surface area contributed by atoms with E-state index in [1.54, 1.807) is 7.11 Å². The summed E-state index contributed by atoms with van der Waals surface area (Å²) in [5.74, 6) is 3.97. The van der Waals surface area contributed by atoms with Crippen molar-refractivity contribution < 1.29 is 18.5 Å². The van der Waals surface area contributed by atoms with Gasteiger partial charge in [-0.25, -0.2) is 0 Å². The number of carbonyl (C=O) groups excluding carboxylic acids is 1. The number of methoxy groups -OCH3 is 1.